The zero-order chi connectivity index (χ0) is 25.6. The van der Waals surface area contributed by atoms with Crippen molar-refractivity contribution in [3.63, 3.8) is 0 Å². The highest BCUT2D eigenvalue weighted by Gasteiger charge is 2.14. The molecule has 0 aliphatic heterocycles. The van der Waals surface area contributed by atoms with E-state index in [2.05, 4.69) is 4.98 Å². The molecule has 37 heavy (non-hydrogen) atoms. The summed E-state index contributed by atoms with van der Waals surface area (Å²) in [6.45, 7) is 2.78. The Labute approximate surface area is 213 Å². The van der Waals surface area contributed by atoms with E-state index in [-0.39, 0.29) is 24.4 Å². The normalized spacial score (nSPS) is 10.9. The number of benzene rings is 3. The Balaban J connectivity index is 1.23. The van der Waals surface area contributed by atoms with E-state index in [0.29, 0.717) is 35.5 Å². The number of nitrogens with zero attached hydrogens (tertiary/aromatic N) is 1. The molecule has 0 fully saturated rings. The van der Waals surface area contributed by atoms with Crippen LogP contribution in [-0.2, 0) is 18.0 Å². The minimum absolute atomic E-state index is 0.115. The smallest absolute Gasteiger partial charge is 0.374 e. The summed E-state index contributed by atoms with van der Waals surface area (Å²) in [5, 5.41) is 1.41. The highest BCUT2D eigenvalue weighted by atomic mass is 16.5. The van der Waals surface area contributed by atoms with E-state index in [0.717, 1.165) is 28.2 Å². The van der Waals surface area contributed by atoms with Gasteiger partial charge in [0.25, 0.3) is 0 Å². The maximum Gasteiger partial charge on any atom is 0.374 e. The number of carbonyl (C=O) groups is 1. The second-order valence-corrected chi connectivity index (χ2v) is 8.49. The number of pyridine rings is 1. The predicted molar refractivity (Wildman–Crippen MR) is 140 cm³/mol. The molecule has 186 valence electrons. The van der Waals surface area contributed by atoms with Crippen LogP contribution in [0.15, 0.2) is 94.1 Å². The van der Waals surface area contributed by atoms with Crippen LogP contribution in [0.25, 0.3) is 21.9 Å². The van der Waals surface area contributed by atoms with Crippen molar-refractivity contribution < 1.29 is 23.4 Å². The van der Waals surface area contributed by atoms with E-state index < -0.39 is 5.97 Å². The van der Waals surface area contributed by atoms with Crippen molar-refractivity contribution in [2.75, 3.05) is 6.61 Å². The zero-order valence-electron chi connectivity index (χ0n) is 20.3. The highest BCUT2D eigenvalue weighted by Crippen LogP contribution is 2.22. The molecule has 2 heterocycles. The van der Waals surface area contributed by atoms with Crippen molar-refractivity contribution in [1.29, 1.82) is 0 Å². The van der Waals surface area contributed by atoms with Gasteiger partial charge in [-0.1, -0.05) is 43.3 Å². The Hall–Kier alpha value is -4.65. The number of fused-ring (bicyclic) bond motifs is 2. The van der Waals surface area contributed by atoms with Gasteiger partial charge in [-0.05, 0) is 54.4 Å². The number of hydrogen-bond donors (Lipinski definition) is 0. The number of aromatic nitrogens is 1. The summed E-state index contributed by atoms with van der Waals surface area (Å²) in [4.78, 5) is 29.2. The Morgan fingerprint density at radius 1 is 0.865 bits per heavy atom. The van der Waals surface area contributed by atoms with E-state index >= 15 is 0 Å². The van der Waals surface area contributed by atoms with Gasteiger partial charge in [-0.15, -0.1) is 0 Å². The Morgan fingerprint density at radius 3 is 2.59 bits per heavy atom. The third-order valence-corrected chi connectivity index (χ3v) is 5.68. The topological polar surface area (TPSA) is 87.9 Å². The third-order valence-electron chi connectivity index (χ3n) is 5.68. The molecule has 0 aliphatic rings. The van der Waals surface area contributed by atoms with Crippen LogP contribution in [0.4, 0.5) is 0 Å². The average molecular weight is 496 g/mol. The van der Waals surface area contributed by atoms with Crippen molar-refractivity contribution in [3.05, 3.63) is 112 Å². The molecule has 3 aromatic carbocycles. The van der Waals surface area contributed by atoms with E-state index in [4.69, 9.17) is 18.6 Å². The van der Waals surface area contributed by atoms with Gasteiger partial charge in [0.2, 0.25) is 5.76 Å². The fraction of sp³-hybridized carbons (Fsp3) is 0.167. The number of carbonyl (C=O) groups excluding carboxylic acids is 1. The molecule has 0 aliphatic carbocycles. The molecule has 2 aromatic heterocycles. The minimum atomic E-state index is -0.653. The second kappa shape index (κ2) is 11.0. The maximum atomic E-state index is 12.6. The number of ether oxygens (including phenoxy) is 3. The quantitative estimate of drug-likeness (QED) is 0.230. The molecule has 0 saturated carbocycles. The molecule has 0 radical (unpaired) electrons. The van der Waals surface area contributed by atoms with Crippen LogP contribution in [0.2, 0.25) is 0 Å². The van der Waals surface area contributed by atoms with Crippen LogP contribution in [0, 0.1) is 0 Å². The van der Waals surface area contributed by atoms with Crippen LogP contribution in [0.5, 0.6) is 11.5 Å². The molecule has 0 unspecified atom stereocenters. The van der Waals surface area contributed by atoms with Gasteiger partial charge >= 0.3 is 5.97 Å². The Morgan fingerprint density at radius 2 is 1.70 bits per heavy atom. The van der Waals surface area contributed by atoms with Crippen LogP contribution in [0.1, 0.15) is 35.2 Å². The number of esters is 1. The summed E-state index contributed by atoms with van der Waals surface area (Å²) in [5.74, 6) is 0.445. The fourth-order valence-electron chi connectivity index (χ4n) is 3.83. The Kier molecular flexibility index (Phi) is 7.12. The Bertz CT molecular complexity index is 1620. The van der Waals surface area contributed by atoms with Gasteiger partial charge in [-0.2, -0.15) is 0 Å². The lowest BCUT2D eigenvalue weighted by atomic mass is 10.2. The molecule has 5 aromatic rings. The average Bonchev–Trinajstić information content (AvgIpc) is 2.94. The standard InChI is InChI=1S/C30H25NO6/c1-2-14-34-30(33)29-17-27(32)25-16-24(12-13-28(25)37-29)35-18-20-6-5-8-23(15-20)36-19-22-11-10-21-7-3-4-9-26(21)31-22/h3-13,15-17H,2,14,18-19H2,1H3. The van der Waals surface area contributed by atoms with Crippen molar-refractivity contribution in [2.45, 2.75) is 26.6 Å². The van der Waals surface area contributed by atoms with E-state index in [1.54, 1.807) is 18.2 Å². The lowest BCUT2D eigenvalue weighted by Gasteiger charge is -2.10. The zero-order valence-corrected chi connectivity index (χ0v) is 20.3. The van der Waals surface area contributed by atoms with Crippen molar-refractivity contribution in [1.82, 2.24) is 4.98 Å². The molecule has 0 N–H and O–H groups in total. The van der Waals surface area contributed by atoms with Crippen molar-refractivity contribution in [2.24, 2.45) is 0 Å². The highest BCUT2D eigenvalue weighted by molar-refractivity contribution is 5.89. The molecule has 0 atom stereocenters. The van der Waals surface area contributed by atoms with E-state index in [9.17, 15) is 9.59 Å². The SMILES string of the molecule is CCCOC(=O)c1cc(=O)c2cc(OCc3cccc(OCc4ccc5ccccc5n4)c3)ccc2o1. The van der Waals surface area contributed by atoms with Crippen LogP contribution in [-0.4, -0.2) is 17.6 Å². The number of rotatable bonds is 9. The first kappa shape index (κ1) is 24.1. The van der Waals surface area contributed by atoms with Gasteiger partial charge in [-0.3, -0.25) is 4.79 Å². The third kappa shape index (κ3) is 5.78. The molecule has 5 rings (SSSR count). The van der Waals surface area contributed by atoms with Crippen LogP contribution >= 0.6 is 0 Å². The fourth-order valence-corrected chi connectivity index (χ4v) is 3.83. The minimum Gasteiger partial charge on any atom is -0.489 e. The van der Waals surface area contributed by atoms with Crippen LogP contribution < -0.4 is 14.9 Å². The summed E-state index contributed by atoms with van der Waals surface area (Å²) in [6.07, 6.45) is 0.681. The van der Waals surface area contributed by atoms with Gasteiger partial charge in [0.1, 0.15) is 30.3 Å². The first-order chi connectivity index (χ1) is 18.1. The van der Waals surface area contributed by atoms with E-state index in [1.807, 2.05) is 67.6 Å². The monoisotopic (exact) mass is 495 g/mol. The van der Waals surface area contributed by atoms with Crippen molar-refractivity contribution >= 4 is 27.8 Å². The molecule has 0 amide bonds. The van der Waals surface area contributed by atoms with Crippen molar-refractivity contribution in [3.8, 4) is 11.5 Å². The summed E-state index contributed by atoms with van der Waals surface area (Å²) in [7, 11) is 0. The molecular weight excluding hydrogens is 470 g/mol. The van der Waals surface area contributed by atoms with E-state index in [1.165, 1.54) is 0 Å². The van der Waals surface area contributed by atoms with Crippen LogP contribution in [0.3, 0.4) is 0 Å². The predicted octanol–water partition coefficient (Wildman–Crippen LogP) is 6.07. The summed E-state index contributed by atoms with van der Waals surface area (Å²) in [5.41, 5.74) is 2.64. The molecule has 7 heteroatoms. The number of hydrogen-bond acceptors (Lipinski definition) is 7. The molecule has 7 nitrogen and oxygen atoms in total. The first-order valence-corrected chi connectivity index (χ1v) is 12.0. The first-order valence-electron chi connectivity index (χ1n) is 12.0. The van der Waals surface area contributed by atoms with Gasteiger partial charge in [0.05, 0.1) is 23.2 Å². The summed E-state index contributed by atoms with van der Waals surface area (Å²) >= 11 is 0. The summed E-state index contributed by atoms with van der Waals surface area (Å²) < 4.78 is 22.5. The molecule has 0 bridgehead atoms. The summed E-state index contributed by atoms with van der Waals surface area (Å²) in [6, 6.07) is 25.6. The molecule has 0 saturated heterocycles. The molecular formula is C30H25NO6. The van der Waals surface area contributed by atoms with Gasteiger partial charge in [0, 0.05) is 11.5 Å². The maximum absolute atomic E-state index is 12.6. The number of para-hydroxylation sites is 1. The lowest BCUT2D eigenvalue weighted by molar-refractivity contribution is 0.0469. The lowest BCUT2D eigenvalue weighted by Crippen LogP contribution is -2.10. The van der Waals surface area contributed by atoms with Gasteiger partial charge in [0.15, 0.2) is 5.43 Å². The van der Waals surface area contributed by atoms with Gasteiger partial charge in [-0.25, -0.2) is 9.78 Å². The molecule has 0 spiro atoms. The second-order valence-electron chi connectivity index (χ2n) is 8.49. The van der Waals surface area contributed by atoms with Gasteiger partial charge < -0.3 is 18.6 Å². The largest absolute Gasteiger partial charge is 0.489 e.